The van der Waals surface area contributed by atoms with Crippen molar-refractivity contribution in [1.29, 1.82) is 0 Å². The minimum absolute atomic E-state index is 0.0572. The largest absolute Gasteiger partial charge is 0.390 e. The highest BCUT2D eigenvalue weighted by Gasteiger charge is 2.22. The molecule has 2 unspecified atom stereocenters. The van der Waals surface area contributed by atoms with Crippen molar-refractivity contribution in [2.45, 2.75) is 37.9 Å². The summed E-state index contributed by atoms with van der Waals surface area (Å²) in [5, 5.41) is 9.44. The molecule has 1 N–H and O–H groups in total. The fraction of sp³-hybridized carbons (Fsp3) is 0.778. The molecular weight excluding hydrogens is 140 g/mol. The van der Waals surface area contributed by atoms with E-state index in [1.807, 2.05) is 0 Å². The molecule has 0 aromatic heterocycles. The summed E-state index contributed by atoms with van der Waals surface area (Å²) in [5.41, 5.74) is 0. The van der Waals surface area contributed by atoms with Crippen molar-refractivity contribution in [3.05, 3.63) is 12.7 Å². The Bertz CT molecular complexity index is 123. The molecule has 1 saturated carbocycles. The van der Waals surface area contributed by atoms with Crippen molar-refractivity contribution < 1.29 is 9.84 Å². The molecule has 0 spiro atoms. The molecule has 0 aromatic rings. The molecule has 0 bridgehead atoms. The van der Waals surface area contributed by atoms with Gasteiger partial charge >= 0.3 is 0 Å². The van der Waals surface area contributed by atoms with Gasteiger partial charge in [-0.05, 0) is 12.8 Å². The monoisotopic (exact) mass is 156 g/mol. The summed E-state index contributed by atoms with van der Waals surface area (Å²) in [7, 11) is 0. The van der Waals surface area contributed by atoms with Gasteiger partial charge in [-0.15, -0.1) is 6.58 Å². The zero-order valence-electron chi connectivity index (χ0n) is 6.83. The second-order valence-corrected chi connectivity index (χ2v) is 3.01. The van der Waals surface area contributed by atoms with Crippen molar-refractivity contribution in [3.63, 3.8) is 0 Å². The average molecular weight is 156 g/mol. The fourth-order valence-corrected chi connectivity index (χ4v) is 1.46. The maximum Gasteiger partial charge on any atom is 0.0838 e. The molecule has 1 fully saturated rings. The molecule has 11 heavy (non-hydrogen) atoms. The Balaban J connectivity index is 2.23. The van der Waals surface area contributed by atoms with Crippen molar-refractivity contribution in [1.82, 2.24) is 0 Å². The Labute approximate surface area is 67.9 Å². The van der Waals surface area contributed by atoms with E-state index in [1.165, 1.54) is 6.42 Å². The van der Waals surface area contributed by atoms with Crippen molar-refractivity contribution >= 4 is 0 Å². The second-order valence-electron chi connectivity index (χ2n) is 3.01. The van der Waals surface area contributed by atoms with E-state index in [0.717, 1.165) is 19.3 Å². The van der Waals surface area contributed by atoms with E-state index in [2.05, 4.69) is 6.58 Å². The van der Waals surface area contributed by atoms with Crippen LogP contribution >= 0.6 is 0 Å². The molecule has 0 radical (unpaired) electrons. The Morgan fingerprint density at radius 2 is 2.18 bits per heavy atom. The van der Waals surface area contributed by atoms with Gasteiger partial charge in [0.15, 0.2) is 0 Å². The van der Waals surface area contributed by atoms with Gasteiger partial charge in [-0.25, -0.2) is 0 Å². The van der Waals surface area contributed by atoms with Gasteiger partial charge in [0.2, 0.25) is 0 Å². The Morgan fingerprint density at radius 1 is 1.45 bits per heavy atom. The van der Waals surface area contributed by atoms with Gasteiger partial charge < -0.3 is 9.84 Å². The van der Waals surface area contributed by atoms with Crippen LogP contribution in [0, 0.1) is 0 Å². The smallest absolute Gasteiger partial charge is 0.0838 e. The molecule has 2 nitrogen and oxygen atoms in total. The van der Waals surface area contributed by atoms with E-state index in [9.17, 15) is 5.11 Å². The molecular formula is C9H16O2. The Morgan fingerprint density at radius 3 is 2.82 bits per heavy atom. The van der Waals surface area contributed by atoms with Crippen LogP contribution < -0.4 is 0 Å². The molecule has 0 aromatic carbocycles. The third-order valence-corrected chi connectivity index (χ3v) is 2.10. The number of rotatable bonds is 3. The summed E-state index contributed by atoms with van der Waals surface area (Å²) in [6.45, 7) is 4.12. The molecule has 0 amide bonds. The van der Waals surface area contributed by atoms with Gasteiger partial charge in [0, 0.05) is 0 Å². The number of aliphatic hydroxyl groups is 1. The van der Waals surface area contributed by atoms with E-state index in [-0.39, 0.29) is 12.2 Å². The molecule has 2 heteroatoms. The summed E-state index contributed by atoms with van der Waals surface area (Å²) in [6.07, 6.45) is 5.73. The molecule has 0 aliphatic heterocycles. The first kappa shape index (κ1) is 8.75. The third kappa shape index (κ3) is 2.64. The van der Waals surface area contributed by atoms with Crippen molar-refractivity contribution in [3.8, 4) is 0 Å². The quantitative estimate of drug-likeness (QED) is 0.627. The number of hydrogen-bond donors (Lipinski definition) is 1. The summed E-state index contributed by atoms with van der Waals surface area (Å²) in [5.74, 6) is 0. The van der Waals surface area contributed by atoms with E-state index in [0.29, 0.717) is 6.61 Å². The molecule has 0 saturated heterocycles. The first-order valence-corrected chi connectivity index (χ1v) is 4.25. The fourth-order valence-electron chi connectivity index (χ4n) is 1.46. The first-order valence-electron chi connectivity index (χ1n) is 4.25. The zero-order valence-corrected chi connectivity index (χ0v) is 6.83. The first-order chi connectivity index (χ1) is 5.34. The van der Waals surface area contributed by atoms with E-state index in [1.54, 1.807) is 6.08 Å². The SMILES string of the molecule is C=CCOC1CCCCC1O. The molecule has 0 heterocycles. The van der Waals surface area contributed by atoms with Crippen LogP contribution in [0.4, 0.5) is 0 Å². The highest BCUT2D eigenvalue weighted by Crippen LogP contribution is 2.20. The molecule has 1 aliphatic rings. The lowest BCUT2D eigenvalue weighted by atomic mass is 9.95. The predicted molar refractivity (Wildman–Crippen MR) is 44.4 cm³/mol. The van der Waals surface area contributed by atoms with Gasteiger partial charge in [0.25, 0.3) is 0 Å². The van der Waals surface area contributed by atoms with E-state index < -0.39 is 0 Å². The lowest BCUT2D eigenvalue weighted by molar-refractivity contribution is -0.0488. The lowest BCUT2D eigenvalue weighted by Crippen LogP contribution is -2.32. The van der Waals surface area contributed by atoms with E-state index in [4.69, 9.17) is 4.74 Å². The maximum absolute atomic E-state index is 9.44. The molecule has 1 rings (SSSR count). The number of ether oxygens (including phenoxy) is 1. The highest BCUT2D eigenvalue weighted by molar-refractivity contribution is 4.76. The van der Waals surface area contributed by atoms with Crippen LogP contribution in [-0.4, -0.2) is 23.9 Å². The third-order valence-electron chi connectivity index (χ3n) is 2.10. The summed E-state index contributed by atoms with van der Waals surface area (Å²) < 4.78 is 5.38. The van der Waals surface area contributed by atoms with Crippen LogP contribution in [0.1, 0.15) is 25.7 Å². The van der Waals surface area contributed by atoms with Crippen LogP contribution in [0.15, 0.2) is 12.7 Å². The van der Waals surface area contributed by atoms with Gasteiger partial charge in [0.05, 0.1) is 18.8 Å². The van der Waals surface area contributed by atoms with Crippen LogP contribution in [0.5, 0.6) is 0 Å². The summed E-state index contributed by atoms with van der Waals surface area (Å²) >= 11 is 0. The Hall–Kier alpha value is -0.340. The maximum atomic E-state index is 9.44. The Kier molecular flexibility index (Phi) is 3.60. The molecule has 2 atom stereocenters. The van der Waals surface area contributed by atoms with Gasteiger partial charge in [-0.3, -0.25) is 0 Å². The predicted octanol–water partition coefficient (Wildman–Crippen LogP) is 1.49. The van der Waals surface area contributed by atoms with E-state index >= 15 is 0 Å². The molecule has 64 valence electrons. The zero-order chi connectivity index (χ0) is 8.10. The van der Waals surface area contributed by atoms with Crippen molar-refractivity contribution in [2.75, 3.05) is 6.61 Å². The van der Waals surface area contributed by atoms with Gasteiger partial charge in [-0.1, -0.05) is 18.9 Å². The van der Waals surface area contributed by atoms with Gasteiger partial charge in [0.1, 0.15) is 0 Å². The summed E-state index contributed by atoms with van der Waals surface area (Å²) in [6, 6.07) is 0. The van der Waals surface area contributed by atoms with Gasteiger partial charge in [-0.2, -0.15) is 0 Å². The lowest BCUT2D eigenvalue weighted by Gasteiger charge is -2.26. The highest BCUT2D eigenvalue weighted by atomic mass is 16.5. The average Bonchev–Trinajstić information content (AvgIpc) is 2.03. The minimum atomic E-state index is -0.247. The number of hydrogen-bond acceptors (Lipinski definition) is 2. The molecule has 1 aliphatic carbocycles. The van der Waals surface area contributed by atoms with Crippen LogP contribution in [0.2, 0.25) is 0 Å². The van der Waals surface area contributed by atoms with Crippen molar-refractivity contribution in [2.24, 2.45) is 0 Å². The standard InChI is InChI=1S/C9H16O2/c1-2-7-11-9-6-4-3-5-8(9)10/h2,8-10H,1,3-7H2. The van der Waals surface area contributed by atoms with Crippen LogP contribution in [0.25, 0.3) is 0 Å². The normalized spacial score (nSPS) is 31.7. The summed E-state index contributed by atoms with van der Waals surface area (Å²) in [4.78, 5) is 0. The van der Waals surface area contributed by atoms with Crippen LogP contribution in [0.3, 0.4) is 0 Å². The minimum Gasteiger partial charge on any atom is -0.390 e. The number of aliphatic hydroxyl groups excluding tert-OH is 1. The topological polar surface area (TPSA) is 29.5 Å². The second kappa shape index (κ2) is 4.52. The van der Waals surface area contributed by atoms with Crippen LogP contribution in [-0.2, 0) is 4.74 Å².